The number of nitrogens with one attached hydrogen (secondary N) is 1. The van der Waals surface area contributed by atoms with E-state index in [1.165, 1.54) is 25.3 Å². The van der Waals surface area contributed by atoms with Crippen LogP contribution in [0.4, 0.5) is 17.1 Å². The normalized spacial score (nSPS) is 12.1. The number of non-ortho nitro benzene ring substituents is 1. The third-order valence-corrected chi connectivity index (χ3v) is 5.16. The predicted octanol–water partition coefficient (Wildman–Crippen LogP) is 2.79. The van der Waals surface area contributed by atoms with Crippen molar-refractivity contribution in [2.24, 2.45) is 0 Å². The summed E-state index contributed by atoms with van der Waals surface area (Å²) in [5, 5.41) is 13.7. The van der Waals surface area contributed by atoms with Crippen molar-refractivity contribution < 1.29 is 22.9 Å². The van der Waals surface area contributed by atoms with Gasteiger partial charge >= 0.3 is 0 Å². The predicted molar refractivity (Wildman–Crippen MR) is 106 cm³/mol. The van der Waals surface area contributed by atoms with E-state index in [0.29, 0.717) is 11.4 Å². The van der Waals surface area contributed by atoms with Crippen LogP contribution in [0, 0.1) is 10.1 Å². The van der Waals surface area contributed by atoms with Crippen molar-refractivity contribution in [3.63, 3.8) is 0 Å². The smallest absolute Gasteiger partial charge is 0.271 e. The first-order chi connectivity index (χ1) is 13.2. The molecule has 1 atom stereocenters. The molecule has 0 aliphatic carbocycles. The van der Waals surface area contributed by atoms with Crippen LogP contribution < -0.4 is 14.4 Å². The lowest BCUT2D eigenvalue weighted by Gasteiger charge is -2.30. The topological polar surface area (TPSA) is 119 Å². The molecule has 0 aliphatic heterocycles. The van der Waals surface area contributed by atoms with Crippen LogP contribution >= 0.6 is 0 Å². The monoisotopic (exact) mass is 407 g/mol. The fourth-order valence-corrected chi connectivity index (χ4v) is 3.91. The molecular formula is C18H21N3O6S. The van der Waals surface area contributed by atoms with E-state index in [4.69, 9.17) is 4.74 Å². The van der Waals surface area contributed by atoms with E-state index < -0.39 is 26.9 Å². The summed E-state index contributed by atoms with van der Waals surface area (Å²) in [4.78, 5) is 23.2. The van der Waals surface area contributed by atoms with E-state index in [2.05, 4.69) is 5.32 Å². The number of benzene rings is 2. The summed E-state index contributed by atoms with van der Waals surface area (Å²) in [6, 6.07) is 10.7. The van der Waals surface area contributed by atoms with Crippen molar-refractivity contribution in [3.8, 4) is 5.75 Å². The molecular weight excluding hydrogens is 386 g/mol. The number of nitrogens with zero attached hydrogens (tertiary/aromatic N) is 2. The van der Waals surface area contributed by atoms with Gasteiger partial charge in [-0.05, 0) is 36.8 Å². The Balaban J connectivity index is 2.38. The summed E-state index contributed by atoms with van der Waals surface area (Å²) in [7, 11) is -2.37. The van der Waals surface area contributed by atoms with Crippen LogP contribution in [-0.4, -0.2) is 38.7 Å². The molecule has 0 saturated heterocycles. The van der Waals surface area contributed by atoms with Crippen LogP contribution in [0.2, 0.25) is 0 Å². The molecule has 0 aromatic heterocycles. The van der Waals surface area contributed by atoms with Gasteiger partial charge in [0.15, 0.2) is 0 Å². The Morgan fingerprint density at radius 3 is 2.39 bits per heavy atom. The van der Waals surface area contributed by atoms with E-state index in [-0.39, 0.29) is 17.8 Å². The molecule has 2 rings (SSSR count). The maximum Gasteiger partial charge on any atom is 0.271 e. The summed E-state index contributed by atoms with van der Waals surface area (Å²) < 4.78 is 30.8. The Morgan fingerprint density at radius 2 is 1.89 bits per heavy atom. The zero-order chi connectivity index (χ0) is 20.9. The molecule has 9 nitrogen and oxygen atoms in total. The largest absolute Gasteiger partial charge is 0.497 e. The molecule has 0 radical (unpaired) electrons. The minimum atomic E-state index is -3.89. The number of hydrogen-bond acceptors (Lipinski definition) is 6. The molecule has 150 valence electrons. The minimum Gasteiger partial charge on any atom is -0.497 e. The summed E-state index contributed by atoms with van der Waals surface area (Å²) in [6.07, 6.45) is 1.12. The number of amides is 1. The second-order valence-electron chi connectivity index (χ2n) is 5.98. The van der Waals surface area contributed by atoms with Crippen molar-refractivity contribution in [2.75, 3.05) is 23.0 Å². The number of rotatable bonds is 8. The molecule has 1 amide bonds. The highest BCUT2D eigenvalue weighted by molar-refractivity contribution is 7.92. The first-order valence-electron chi connectivity index (χ1n) is 8.36. The number of anilines is 2. The van der Waals surface area contributed by atoms with Crippen molar-refractivity contribution in [2.45, 2.75) is 19.4 Å². The molecule has 28 heavy (non-hydrogen) atoms. The van der Waals surface area contributed by atoms with E-state index >= 15 is 0 Å². The van der Waals surface area contributed by atoms with E-state index in [0.717, 1.165) is 16.6 Å². The lowest BCUT2D eigenvalue weighted by Crippen LogP contribution is -2.47. The highest BCUT2D eigenvalue weighted by Crippen LogP contribution is 2.27. The molecule has 0 unspecified atom stereocenters. The molecule has 10 heteroatoms. The fourth-order valence-electron chi connectivity index (χ4n) is 2.70. The second kappa shape index (κ2) is 8.70. The number of nitro groups is 1. The molecule has 0 bridgehead atoms. The molecule has 2 aromatic rings. The van der Waals surface area contributed by atoms with E-state index in [1.807, 2.05) is 0 Å². The van der Waals surface area contributed by atoms with E-state index in [1.54, 1.807) is 31.2 Å². The summed E-state index contributed by atoms with van der Waals surface area (Å²) in [6.45, 7) is 1.66. The van der Waals surface area contributed by atoms with Gasteiger partial charge in [-0.3, -0.25) is 19.2 Å². The summed E-state index contributed by atoms with van der Waals surface area (Å²) >= 11 is 0. The Bertz CT molecular complexity index is 960. The van der Waals surface area contributed by atoms with Gasteiger partial charge in [-0.25, -0.2) is 8.42 Å². The molecule has 0 aliphatic rings. The Kier molecular flexibility index (Phi) is 6.57. The van der Waals surface area contributed by atoms with Crippen molar-refractivity contribution >= 4 is 33.0 Å². The molecule has 0 heterocycles. The first-order valence-corrected chi connectivity index (χ1v) is 10.2. The number of nitro benzene ring substituents is 1. The maximum absolute atomic E-state index is 12.8. The lowest BCUT2D eigenvalue weighted by molar-refractivity contribution is -0.384. The van der Waals surface area contributed by atoms with E-state index in [9.17, 15) is 23.3 Å². The molecule has 0 fully saturated rings. The number of ether oxygens (including phenoxy) is 1. The van der Waals surface area contributed by atoms with Crippen LogP contribution in [0.3, 0.4) is 0 Å². The standard InChI is InChI=1S/C18H21N3O6S/c1-4-17(18(22)19-13-8-10-16(27-2)11-9-13)20(28(3,25)26)14-6-5-7-15(12-14)21(23)24/h5-12,17H,4H2,1-3H3,(H,19,22)/t17-/m1/s1. The van der Waals surface area contributed by atoms with Gasteiger partial charge in [0, 0.05) is 17.8 Å². The Labute approximate surface area is 163 Å². The van der Waals surface area contributed by atoms with Crippen molar-refractivity contribution in [1.29, 1.82) is 0 Å². The Hall–Kier alpha value is -3.14. The van der Waals surface area contributed by atoms with Gasteiger partial charge in [0.25, 0.3) is 5.69 Å². The highest BCUT2D eigenvalue weighted by atomic mass is 32.2. The average molecular weight is 407 g/mol. The van der Waals surface area contributed by atoms with Crippen molar-refractivity contribution in [1.82, 2.24) is 0 Å². The zero-order valence-corrected chi connectivity index (χ0v) is 16.5. The number of hydrogen-bond donors (Lipinski definition) is 1. The van der Waals surface area contributed by atoms with Gasteiger partial charge in [-0.1, -0.05) is 13.0 Å². The number of sulfonamides is 1. The third kappa shape index (κ3) is 4.97. The van der Waals surface area contributed by atoms with Gasteiger partial charge < -0.3 is 10.1 Å². The highest BCUT2D eigenvalue weighted by Gasteiger charge is 2.32. The van der Waals surface area contributed by atoms with Gasteiger partial charge in [-0.2, -0.15) is 0 Å². The molecule has 0 spiro atoms. The number of carbonyl (C=O) groups is 1. The van der Waals surface area contributed by atoms with Gasteiger partial charge in [0.05, 0.1) is 24.0 Å². The van der Waals surface area contributed by atoms with Crippen LogP contribution in [0.5, 0.6) is 5.75 Å². The average Bonchev–Trinajstić information content (AvgIpc) is 2.65. The fraction of sp³-hybridized carbons (Fsp3) is 0.278. The van der Waals surface area contributed by atoms with Crippen LogP contribution in [0.25, 0.3) is 0 Å². The van der Waals surface area contributed by atoms with Crippen LogP contribution in [0.15, 0.2) is 48.5 Å². The van der Waals surface area contributed by atoms with Gasteiger partial charge in [-0.15, -0.1) is 0 Å². The van der Waals surface area contributed by atoms with Gasteiger partial charge in [0.1, 0.15) is 11.8 Å². The van der Waals surface area contributed by atoms with Crippen molar-refractivity contribution in [3.05, 3.63) is 58.6 Å². The number of methoxy groups -OCH3 is 1. The lowest BCUT2D eigenvalue weighted by atomic mass is 10.1. The second-order valence-corrected chi connectivity index (χ2v) is 7.84. The quantitative estimate of drug-likeness (QED) is 0.531. The third-order valence-electron chi connectivity index (χ3n) is 3.98. The molecule has 0 saturated carbocycles. The SMILES string of the molecule is CC[C@H](C(=O)Nc1ccc(OC)cc1)N(c1cccc([N+](=O)[O-])c1)S(C)(=O)=O. The maximum atomic E-state index is 12.8. The summed E-state index contributed by atoms with van der Waals surface area (Å²) in [5.74, 6) is 0.0593. The molecule has 2 aromatic carbocycles. The van der Waals surface area contributed by atoms with Crippen LogP contribution in [-0.2, 0) is 14.8 Å². The first kappa shape index (κ1) is 21.2. The van der Waals surface area contributed by atoms with Crippen LogP contribution in [0.1, 0.15) is 13.3 Å². The summed E-state index contributed by atoms with van der Waals surface area (Å²) in [5.41, 5.74) is 0.252. The zero-order valence-electron chi connectivity index (χ0n) is 15.7. The Morgan fingerprint density at radius 1 is 1.25 bits per heavy atom. The molecule has 1 N–H and O–H groups in total. The van der Waals surface area contributed by atoms with Gasteiger partial charge in [0.2, 0.25) is 15.9 Å². The minimum absolute atomic E-state index is 0.0495. The number of carbonyl (C=O) groups excluding carboxylic acids is 1.